The van der Waals surface area contributed by atoms with Gasteiger partial charge in [0.25, 0.3) is 0 Å². The summed E-state index contributed by atoms with van der Waals surface area (Å²) in [6, 6.07) is 7.17. The highest BCUT2D eigenvalue weighted by atomic mass is 32.2. The predicted octanol–water partition coefficient (Wildman–Crippen LogP) is 4.29. The predicted molar refractivity (Wildman–Crippen MR) is 139 cm³/mol. The molecule has 9 heteroatoms. The molecule has 0 bridgehead atoms. The van der Waals surface area contributed by atoms with Crippen LogP contribution in [0, 0.1) is 17.2 Å². The normalized spacial score (nSPS) is 19.2. The van der Waals surface area contributed by atoms with Gasteiger partial charge >= 0.3 is 0 Å². The van der Waals surface area contributed by atoms with Crippen LogP contribution >= 0.6 is 11.3 Å². The molecule has 4 rings (SSSR count). The van der Waals surface area contributed by atoms with Gasteiger partial charge in [0.05, 0.1) is 12.7 Å². The lowest BCUT2D eigenvalue weighted by Gasteiger charge is -2.44. The number of benzene rings is 1. The van der Waals surface area contributed by atoms with E-state index in [9.17, 15) is 18.8 Å². The van der Waals surface area contributed by atoms with Crippen molar-refractivity contribution in [1.29, 1.82) is 5.26 Å². The van der Waals surface area contributed by atoms with E-state index >= 15 is 0 Å². The Kier molecular flexibility index (Phi) is 8.06. The Bertz CT molecular complexity index is 1170. The number of aliphatic hydroxyl groups is 1. The summed E-state index contributed by atoms with van der Waals surface area (Å²) in [5.74, 6) is 0.992. The lowest BCUT2D eigenvalue weighted by molar-refractivity contribution is 0.0706. The van der Waals surface area contributed by atoms with Gasteiger partial charge in [-0.15, -0.1) is 11.3 Å². The molecule has 0 spiro atoms. The number of nitrogens with zero attached hydrogens (tertiary/aromatic N) is 2. The van der Waals surface area contributed by atoms with Gasteiger partial charge in [0.2, 0.25) is 0 Å². The van der Waals surface area contributed by atoms with Gasteiger partial charge in [-0.2, -0.15) is 5.26 Å². The van der Waals surface area contributed by atoms with Crippen molar-refractivity contribution in [1.82, 2.24) is 4.90 Å². The quantitative estimate of drug-likeness (QED) is 0.355. The molecule has 2 aliphatic rings. The Morgan fingerprint density at radius 2 is 2.06 bits per heavy atom. The third-order valence-electron chi connectivity index (χ3n) is 7.37. The number of fused-ring (bicyclic) bond motifs is 1. The van der Waals surface area contributed by atoms with E-state index in [-0.39, 0.29) is 22.6 Å². The number of hydrogen-bond donors (Lipinski definition) is 3. The van der Waals surface area contributed by atoms with Crippen molar-refractivity contribution in [2.45, 2.75) is 82.0 Å². The third kappa shape index (κ3) is 5.83. The minimum absolute atomic E-state index is 0.0265. The number of thiol groups is 1. The van der Waals surface area contributed by atoms with Gasteiger partial charge in [-0.05, 0) is 50.3 Å². The van der Waals surface area contributed by atoms with Crippen LogP contribution < -0.4 is 10.1 Å². The zero-order valence-electron chi connectivity index (χ0n) is 20.7. The van der Waals surface area contributed by atoms with E-state index in [0.29, 0.717) is 10.6 Å². The van der Waals surface area contributed by atoms with E-state index in [1.807, 2.05) is 0 Å². The summed E-state index contributed by atoms with van der Waals surface area (Å²) in [4.78, 5) is 3.88. The van der Waals surface area contributed by atoms with Gasteiger partial charge in [0, 0.05) is 41.9 Å². The molecule has 190 valence electrons. The molecule has 2 heterocycles. The molecule has 1 unspecified atom stereocenters. The second-order valence-electron chi connectivity index (χ2n) is 10.3. The van der Waals surface area contributed by atoms with Gasteiger partial charge in [-0.25, -0.2) is 8.42 Å². The maximum atomic E-state index is 11.4. The number of thiophene rings is 1. The molecule has 1 aliphatic carbocycles. The van der Waals surface area contributed by atoms with E-state index in [4.69, 9.17) is 4.74 Å². The summed E-state index contributed by atoms with van der Waals surface area (Å²) in [7, 11) is -1.34. The first-order valence-electron chi connectivity index (χ1n) is 12.3. The van der Waals surface area contributed by atoms with Gasteiger partial charge in [-0.3, -0.25) is 4.90 Å². The second-order valence-corrected chi connectivity index (χ2v) is 12.4. The molecule has 1 fully saturated rings. The monoisotopic (exact) mass is 517 g/mol. The minimum Gasteiger partial charge on any atom is -0.495 e. The van der Waals surface area contributed by atoms with Crippen molar-refractivity contribution >= 4 is 27.0 Å². The van der Waals surface area contributed by atoms with Crippen LogP contribution in [-0.4, -0.2) is 43.8 Å². The summed E-state index contributed by atoms with van der Waals surface area (Å²) in [5, 5.41) is 24.6. The summed E-state index contributed by atoms with van der Waals surface area (Å²) >= 11 is 1.56. The largest absolute Gasteiger partial charge is 0.495 e. The molecule has 1 saturated carbocycles. The third-order valence-corrected chi connectivity index (χ3v) is 9.30. The Labute approximate surface area is 213 Å². The molecule has 2 N–H and O–H groups in total. The van der Waals surface area contributed by atoms with Crippen molar-refractivity contribution in [2.75, 3.05) is 19.0 Å². The Morgan fingerprint density at radius 1 is 1.31 bits per heavy atom. The first kappa shape index (κ1) is 26.0. The Balaban J connectivity index is 1.50. The molecule has 0 amide bonds. The van der Waals surface area contributed by atoms with Crippen molar-refractivity contribution in [2.24, 2.45) is 5.92 Å². The smallest absolute Gasteiger partial charge is 0.171 e. The molecule has 1 aromatic heterocycles. The fourth-order valence-electron chi connectivity index (χ4n) is 5.37. The fraction of sp³-hybridized carbons (Fsp3) is 0.577. The number of hydrogen-bond acceptors (Lipinski definition) is 8. The number of methoxy groups -OCH3 is 1. The van der Waals surface area contributed by atoms with Crippen LogP contribution in [0.2, 0.25) is 0 Å². The Morgan fingerprint density at radius 3 is 2.71 bits per heavy atom. The average Bonchev–Trinajstić information content (AvgIpc) is 3.13. The maximum absolute atomic E-state index is 11.4. The summed E-state index contributed by atoms with van der Waals surface area (Å²) < 4.78 is 27.9. The van der Waals surface area contributed by atoms with E-state index in [1.165, 1.54) is 50.2 Å². The van der Waals surface area contributed by atoms with Crippen LogP contribution in [0.1, 0.15) is 67.5 Å². The number of anilines is 1. The molecule has 1 aromatic carbocycles. The molecular weight excluding hydrogens is 482 g/mol. The molecule has 1 aliphatic heterocycles. The lowest BCUT2D eigenvalue weighted by Crippen LogP contribution is -2.50. The van der Waals surface area contributed by atoms with Crippen LogP contribution in [0.25, 0.3) is 0 Å². The van der Waals surface area contributed by atoms with E-state index in [1.54, 1.807) is 23.5 Å². The van der Waals surface area contributed by atoms with Crippen LogP contribution in [0.3, 0.4) is 0 Å². The molecule has 35 heavy (non-hydrogen) atoms. The number of aliphatic hydroxyl groups excluding tert-OH is 1. The standard InChI is InChI=1S/C26H35N3O4S2/c1-26(2)13-22-20(16-29(26)15-17-7-5-4-6-8-17)19(14-27)25(34-22)28-24(30)12-18-9-10-23(35(31)32)21(11-18)33-3/h9-11,17,24,28,30,35H,4-8,12-13,15-16H2,1-3H3. The van der Waals surface area contributed by atoms with Gasteiger partial charge < -0.3 is 15.2 Å². The van der Waals surface area contributed by atoms with Gasteiger partial charge in [0.15, 0.2) is 10.7 Å². The number of nitrogens with one attached hydrogen (secondary N) is 1. The second kappa shape index (κ2) is 10.9. The first-order chi connectivity index (χ1) is 16.7. The SMILES string of the molecule is COc1cc(CC(O)Nc2sc3c(c2C#N)CN(CC2CCCCC2)C(C)(C)C3)ccc1[SH](=O)=O. The summed E-state index contributed by atoms with van der Waals surface area (Å²) in [5.41, 5.74) is 2.48. The zero-order valence-corrected chi connectivity index (χ0v) is 22.4. The van der Waals surface area contributed by atoms with Crippen molar-refractivity contribution in [3.8, 4) is 11.8 Å². The number of nitriles is 1. The molecule has 1 atom stereocenters. The average molecular weight is 518 g/mol. The molecule has 2 aromatic rings. The zero-order chi connectivity index (χ0) is 25.2. The summed E-state index contributed by atoms with van der Waals surface area (Å²) in [6.45, 7) is 6.42. The number of ether oxygens (including phenoxy) is 1. The minimum atomic E-state index is -2.76. The topological polar surface area (TPSA) is 103 Å². The summed E-state index contributed by atoms with van der Waals surface area (Å²) in [6.07, 6.45) is 6.79. The van der Waals surface area contributed by atoms with Crippen molar-refractivity contribution < 1.29 is 18.3 Å². The van der Waals surface area contributed by atoms with E-state index < -0.39 is 16.9 Å². The van der Waals surface area contributed by atoms with E-state index in [0.717, 1.165) is 36.6 Å². The molecular formula is C26H35N3O4S2. The van der Waals surface area contributed by atoms with Gasteiger partial charge in [0.1, 0.15) is 27.9 Å². The van der Waals surface area contributed by atoms with Gasteiger partial charge in [-0.1, -0.05) is 25.3 Å². The van der Waals surface area contributed by atoms with Crippen LogP contribution in [-0.2, 0) is 30.1 Å². The molecule has 0 saturated heterocycles. The molecule has 7 nitrogen and oxygen atoms in total. The van der Waals surface area contributed by atoms with Crippen LogP contribution in [0.5, 0.6) is 5.75 Å². The van der Waals surface area contributed by atoms with Crippen LogP contribution in [0.4, 0.5) is 5.00 Å². The van der Waals surface area contributed by atoms with Crippen molar-refractivity contribution in [3.63, 3.8) is 0 Å². The highest BCUT2D eigenvalue weighted by Gasteiger charge is 2.37. The maximum Gasteiger partial charge on any atom is 0.171 e. The lowest BCUT2D eigenvalue weighted by atomic mass is 9.84. The first-order valence-corrected chi connectivity index (χ1v) is 14.3. The molecule has 0 radical (unpaired) electrons. The van der Waals surface area contributed by atoms with E-state index in [2.05, 4.69) is 30.1 Å². The van der Waals surface area contributed by atoms with Crippen LogP contribution in [0.15, 0.2) is 23.1 Å². The number of rotatable bonds is 8. The van der Waals surface area contributed by atoms with Crippen molar-refractivity contribution in [3.05, 3.63) is 39.8 Å². The Hall–Kier alpha value is -2.12. The highest BCUT2D eigenvalue weighted by molar-refractivity contribution is 7.72. The highest BCUT2D eigenvalue weighted by Crippen LogP contribution is 2.42. The fourth-order valence-corrected chi connectivity index (χ4v) is 7.33.